The first-order valence-corrected chi connectivity index (χ1v) is 6.19. The van der Waals surface area contributed by atoms with Crippen molar-refractivity contribution in [2.24, 2.45) is 0 Å². The van der Waals surface area contributed by atoms with Crippen LogP contribution in [0.3, 0.4) is 0 Å². The van der Waals surface area contributed by atoms with Crippen molar-refractivity contribution in [3.8, 4) is 5.75 Å². The zero-order valence-electron chi connectivity index (χ0n) is 9.41. The van der Waals surface area contributed by atoms with E-state index in [1.165, 1.54) is 11.3 Å². The molecule has 90 valence electrons. The van der Waals surface area contributed by atoms with Crippen LogP contribution in [0.1, 0.15) is 5.01 Å². The third-order valence-corrected chi connectivity index (χ3v) is 3.16. The van der Waals surface area contributed by atoms with Crippen LogP contribution in [-0.4, -0.2) is 15.2 Å². The molecule has 2 heterocycles. The van der Waals surface area contributed by atoms with E-state index < -0.39 is 0 Å². The molecule has 0 saturated heterocycles. The highest BCUT2D eigenvalue weighted by molar-refractivity contribution is 7.15. The highest BCUT2D eigenvalue weighted by Gasteiger charge is 2.05. The van der Waals surface area contributed by atoms with Crippen molar-refractivity contribution in [2.45, 2.75) is 6.61 Å². The van der Waals surface area contributed by atoms with Gasteiger partial charge < -0.3 is 10.5 Å². The lowest BCUT2D eigenvalue weighted by atomic mass is 10.2. The number of nitrogen functional groups attached to an aromatic ring is 1. The predicted molar refractivity (Wildman–Crippen MR) is 70.4 cm³/mol. The van der Waals surface area contributed by atoms with E-state index in [-0.39, 0.29) is 0 Å². The monoisotopic (exact) mass is 258 g/mol. The molecule has 1 aromatic carbocycles. The van der Waals surface area contributed by atoms with E-state index in [0.29, 0.717) is 11.7 Å². The summed E-state index contributed by atoms with van der Waals surface area (Å²) in [6, 6.07) is 9.72. The Hall–Kier alpha value is -2.21. The summed E-state index contributed by atoms with van der Waals surface area (Å²) in [5, 5.41) is 9.90. The number of para-hydroxylation sites is 1. The normalized spacial score (nSPS) is 10.7. The van der Waals surface area contributed by atoms with Crippen LogP contribution in [0.15, 0.2) is 36.5 Å². The molecule has 0 saturated carbocycles. The molecule has 2 N–H and O–H groups in total. The van der Waals surface area contributed by atoms with Gasteiger partial charge in [-0.2, -0.15) is 0 Å². The van der Waals surface area contributed by atoms with Crippen molar-refractivity contribution in [2.75, 3.05) is 5.73 Å². The molecule has 0 aliphatic rings. The van der Waals surface area contributed by atoms with Gasteiger partial charge in [0.1, 0.15) is 17.9 Å². The quantitative estimate of drug-likeness (QED) is 0.780. The minimum Gasteiger partial charge on any atom is -0.484 e. The minimum atomic E-state index is 0.352. The van der Waals surface area contributed by atoms with Gasteiger partial charge in [-0.15, -0.1) is 10.2 Å². The second-order valence-electron chi connectivity index (χ2n) is 3.65. The average Bonchev–Trinajstić information content (AvgIpc) is 2.82. The molecule has 0 fully saturated rings. The van der Waals surface area contributed by atoms with Crippen LogP contribution in [0.4, 0.5) is 5.13 Å². The molecular weight excluding hydrogens is 248 g/mol. The molecule has 0 amide bonds. The average molecular weight is 258 g/mol. The first kappa shape index (κ1) is 10.9. The molecule has 0 aliphatic heterocycles. The van der Waals surface area contributed by atoms with E-state index in [4.69, 9.17) is 10.5 Å². The Kier molecular flexibility index (Phi) is 2.77. The lowest BCUT2D eigenvalue weighted by molar-refractivity contribution is 0.307. The molecule has 3 rings (SSSR count). The van der Waals surface area contributed by atoms with Crippen molar-refractivity contribution in [3.63, 3.8) is 0 Å². The number of hydrogen-bond acceptors (Lipinski definition) is 6. The Labute approximate surface area is 107 Å². The highest BCUT2D eigenvalue weighted by atomic mass is 32.1. The number of nitrogens with zero attached hydrogens (tertiary/aromatic N) is 3. The van der Waals surface area contributed by atoms with E-state index >= 15 is 0 Å². The fraction of sp³-hybridized carbons (Fsp3) is 0.0833. The van der Waals surface area contributed by atoms with Crippen LogP contribution < -0.4 is 10.5 Å². The number of nitrogens with two attached hydrogens (primary N) is 1. The van der Waals surface area contributed by atoms with Gasteiger partial charge in [-0.25, -0.2) is 0 Å². The Balaban J connectivity index is 1.86. The molecular formula is C12H10N4OS. The molecule has 18 heavy (non-hydrogen) atoms. The number of hydrogen-bond donors (Lipinski definition) is 1. The maximum Gasteiger partial charge on any atom is 0.203 e. The number of benzene rings is 1. The first-order chi connectivity index (χ1) is 8.83. The Morgan fingerprint density at radius 2 is 2.06 bits per heavy atom. The summed E-state index contributed by atoms with van der Waals surface area (Å²) in [4.78, 5) is 4.32. The van der Waals surface area contributed by atoms with Gasteiger partial charge >= 0.3 is 0 Å². The maximum atomic E-state index is 5.71. The fourth-order valence-corrected chi connectivity index (χ4v) is 2.18. The van der Waals surface area contributed by atoms with Gasteiger partial charge in [-0.3, -0.25) is 4.98 Å². The van der Waals surface area contributed by atoms with Crippen molar-refractivity contribution < 1.29 is 4.74 Å². The van der Waals surface area contributed by atoms with Gasteiger partial charge in [0, 0.05) is 11.6 Å². The second-order valence-corrected chi connectivity index (χ2v) is 4.75. The number of ether oxygens (including phenoxy) is 1. The van der Waals surface area contributed by atoms with E-state index in [1.807, 2.05) is 30.3 Å². The zero-order valence-corrected chi connectivity index (χ0v) is 10.2. The first-order valence-electron chi connectivity index (χ1n) is 5.37. The molecule has 0 atom stereocenters. The smallest absolute Gasteiger partial charge is 0.203 e. The SMILES string of the molecule is Nc1nnc(COc2cccc3cccnc23)s1. The second kappa shape index (κ2) is 4.58. The van der Waals surface area contributed by atoms with Crippen LogP contribution in [0.5, 0.6) is 5.75 Å². The predicted octanol–water partition coefficient (Wildman–Crippen LogP) is 2.25. The zero-order chi connectivity index (χ0) is 12.4. The number of pyridine rings is 1. The summed E-state index contributed by atoms with van der Waals surface area (Å²) in [5.41, 5.74) is 6.36. The van der Waals surface area contributed by atoms with Gasteiger partial charge in [0.25, 0.3) is 0 Å². The van der Waals surface area contributed by atoms with Gasteiger partial charge in [0.15, 0.2) is 5.01 Å². The van der Waals surface area contributed by atoms with Crippen LogP contribution in [0.2, 0.25) is 0 Å². The van der Waals surface area contributed by atoms with E-state index in [2.05, 4.69) is 15.2 Å². The topological polar surface area (TPSA) is 73.9 Å². The van der Waals surface area contributed by atoms with Crippen LogP contribution in [0.25, 0.3) is 10.9 Å². The summed E-state index contributed by atoms with van der Waals surface area (Å²) in [6.07, 6.45) is 1.75. The van der Waals surface area contributed by atoms with Crippen molar-refractivity contribution in [3.05, 3.63) is 41.5 Å². The van der Waals surface area contributed by atoms with E-state index in [9.17, 15) is 0 Å². The molecule has 0 unspecified atom stereocenters. The third kappa shape index (κ3) is 2.10. The molecule has 6 heteroatoms. The van der Waals surface area contributed by atoms with Crippen LogP contribution in [-0.2, 0) is 6.61 Å². The third-order valence-electron chi connectivity index (χ3n) is 2.43. The number of rotatable bonds is 3. The largest absolute Gasteiger partial charge is 0.484 e. The lowest BCUT2D eigenvalue weighted by Crippen LogP contribution is -1.96. The summed E-state index contributed by atoms with van der Waals surface area (Å²) in [5.74, 6) is 0.738. The highest BCUT2D eigenvalue weighted by Crippen LogP contribution is 2.24. The maximum absolute atomic E-state index is 5.71. The molecule has 2 aromatic heterocycles. The molecule has 3 aromatic rings. The number of anilines is 1. The van der Waals surface area contributed by atoms with Gasteiger partial charge in [-0.05, 0) is 12.1 Å². The summed E-state index contributed by atoms with van der Waals surface area (Å²) in [6.45, 7) is 0.352. The van der Waals surface area contributed by atoms with Crippen molar-refractivity contribution in [1.82, 2.24) is 15.2 Å². The fourth-order valence-electron chi connectivity index (χ4n) is 1.66. The van der Waals surface area contributed by atoms with Crippen LogP contribution >= 0.6 is 11.3 Å². The van der Waals surface area contributed by atoms with Crippen molar-refractivity contribution in [1.29, 1.82) is 0 Å². The molecule has 0 bridgehead atoms. The van der Waals surface area contributed by atoms with Gasteiger partial charge in [0.2, 0.25) is 5.13 Å². The molecule has 5 nitrogen and oxygen atoms in total. The molecule has 0 spiro atoms. The van der Waals surface area contributed by atoms with E-state index in [0.717, 1.165) is 21.7 Å². The number of fused-ring (bicyclic) bond motifs is 1. The molecule has 0 aliphatic carbocycles. The Bertz CT molecular complexity index is 677. The van der Waals surface area contributed by atoms with E-state index in [1.54, 1.807) is 6.20 Å². The van der Waals surface area contributed by atoms with Gasteiger partial charge in [0.05, 0.1) is 0 Å². The molecule has 0 radical (unpaired) electrons. The summed E-state index contributed by atoms with van der Waals surface area (Å²) >= 11 is 1.32. The minimum absolute atomic E-state index is 0.352. The Morgan fingerprint density at radius 1 is 1.17 bits per heavy atom. The van der Waals surface area contributed by atoms with Gasteiger partial charge in [-0.1, -0.05) is 29.5 Å². The lowest BCUT2D eigenvalue weighted by Gasteiger charge is -2.06. The van der Waals surface area contributed by atoms with Crippen molar-refractivity contribution >= 4 is 27.4 Å². The summed E-state index contributed by atoms with van der Waals surface area (Å²) < 4.78 is 5.71. The summed E-state index contributed by atoms with van der Waals surface area (Å²) in [7, 11) is 0. The Morgan fingerprint density at radius 3 is 2.89 bits per heavy atom. The van der Waals surface area contributed by atoms with Crippen LogP contribution in [0, 0.1) is 0 Å². The standard InChI is InChI=1S/C12H10N4OS/c13-12-16-15-10(18-12)7-17-9-5-1-3-8-4-2-6-14-11(8)9/h1-6H,7H2,(H2,13,16). The number of aromatic nitrogens is 3.